The summed E-state index contributed by atoms with van der Waals surface area (Å²) in [5.74, 6) is 0.484. The molecule has 0 amide bonds. The van der Waals surface area contributed by atoms with Crippen LogP contribution in [0, 0.1) is 5.92 Å². The number of nitrogens with one attached hydrogen (secondary N) is 2. The largest absolute Gasteiger partial charge is 0.433 e. The van der Waals surface area contributed by atoms with Gasteiger partial charge >= 0.3 is 6.18 Å². The lowest BCUT2D eigenvalue weighted by molar-refractivity contribution is -0.141. The highest BCUT2D eigenvalue weighted by Crippen LogP contribution is 2.28. The number of hydrogen-bond acceptors (Lipinski definition) is 3. The molecule has 0 saturated carbocycles. The molecule has 1 fully saturated rings. The molecule has 2 N–H and O–H groups in total. The third-order valence-electron chi connectivity index (χ3n) is 2.81. The van der Waals surface area contributed by atoms with Crippen molar-refractivity contribution in [2.45, 2.75) is 12.6 Å². The van der Waals surface area contributed by atoms with Gasteiger partial charge < -0.3 is 10.6 Å². The van der Waals surface area contributed by atoms with Gasteiger partial charge in [0, 0.05) is 18.4 Å². The Morgan fingerprint density at radius 2 is 2.29 bits per heavy atom. The minimum Gasteiger partial charge on any atom is -0.385 e. The maximum absolute atomic E-state index is 12.4. The van der Waals surface area contributed by atoms with E-state index in [1.165, 1.54) is 6.20 Å². The number of rotatable bonds is 3. The van der Waals surface area contributed by atoms with Crippen LogP contribution in [0.3, 0.4) is 0 Å². The molecule has 1 aliphatic rings. The topological polar surface area (TPSA) is 37.0 Å². The van der Waals surface area contributed by atoms with Gasteiger partial charge in [0.2, 0.25) is 0 Å². The Labute approximate surface area is 97.4 Å². The summed E-state index contributed by atoms with van der Waals surface area (Å²) in [6.07, 6.45) is -2.14. The van der Waals surface area contributed by atoms with Crippen molar-refractivity contribution in [2.24, 2.45) is 5.92 Å². The quantitative estimate of drug-likeness (QED) is 0.856. The number of alkyl halides is 3. The molecule has 1 atom stereocenters. The molecule has 1 unspecified atom stereocenters. The molecule has 0 aliphatic carbocycles. The van der Waals surface area contributed by atoms with Crippen molar-refractivity contribution in [1.29, 1.82) is 0 Å². The maximum Gasteiger partial charge on any atom is 0.433 e. The molecule has 94 valence electrons. The zero-order chi connectivity index (χ0) is 12.3. The van der Waals surface area contributed by atoms with E-state index in [0.29, 0.717) is 18.2 Å². The molecule has 2 heterocycles. The first-order valence-electron chi connectivity index (χ1n) is 5.53. The maximum atomic E-state index is 12.4. The third-order valence-corrected chi connectivity index (χ3v) is 2.81. The lowest BCUT2D eigenvalue weighted by atomic mass is 10.1. The van der Waals surface area contributed by atoms with Gasteiger partial charge in [-0.1, -0.05) is 0 Å². The van der Waals surface area contributed by atoms with Gasteiger partial charge in [0.1, 0.15) is 5.69 Å². The van der Waals surface area contributed by atoms with Crippen molar-refractivity contribution < 1.29 is 13.2 Å². The van der Waals surface area contributed by atoms with Crippen LogP contribution < -0.4 is 10.6 Å². The van der Waals surface area contributed by atoms with E-state index in [1.807, 2.05) is 0 Å². The van der Waals surface area contributed by atoms with Crippen molar-refractivity contribution in [3.8, 4) is 0 Å². The van der Waals surface area contributed by atoms with Crippen LogP contribution in [-0.4, -0.2) is 24.6 Å². The molecule has 0 spiro atoms. The number of hydrogen-bond donors (Lipinski definition) is 2. The van der Waals surface area contributed by atoms with Gasteiger partial charge in [-0.05, 0) is 37.6 Å². The molecular formula is C11H14F3N3. The minimum atomic E-state index is -4.38. The van der Waals surface area contributed by atoms with Gasteiger partial charge in [0.15, 0.2) is 0 Å². The second-order valence-corrected chi connectivity index (χ2v) is 4.17. The van der Waals surface area contributed by atoms with Crippen molar-refractivity contribution in [2.75, 3.05) is 25.0 Å². The average molecular weight is 245 g/mol. The molecule has 2 rings (SSSR count). The Hall–Kier alpha value is -1.30. The first-order valence-corrected chi connectivity index (χ1v) is 5.53. The molecule has 17 heavy (non-hydrogen) atoms. The van der Waals surface area contributed by atoms with Crippen LogP contribution in [0.2, 0.25) is 0 Å². The first-order chi connectivity index (χ1) is 8.05. The molecule has 3 nitrogen and oxygen atoms in total. The number of halogens is 3. The number of aromatic nitrogens is 1. The lowest BCUT2D eigenvalue weighted by Crippen LogP contribution is -2.17. The first kappa shape index (κ1) is 12.2. The van der Waals surface area contributed by atoms with Crippen LogP contribution in [0.15, 0.2) is 18.3 Å². The van der Waals surface area contributed by atoms with E-state index in [9.17, 15) is 13.2 Å². The summed E-state index contributed by atoms with van der Waals surface area (Å²) in [4.78, 5) is 3.31. The summed E-state index contributed by atoms with van der Waals surface area (Å²) in [7, 11) is 0. The Morgan fingerprint density at radius 1 is 1.47 bits per heavy atom. The fourth-order valence-electron chi connectivity index (χ4n) is 1.85. The van der Waals surface area contributed by atoms with Crippen LogP contribution in [0.25, 0.3) is 0 Å². The molecule has 1 aliphatic heterocycles. The summed E-state index contributed by atoms with van der Waals surface area (Å²) >= 11 is 0. The summed E-state index contributed by atoms with van der Waals surface area (Å²) in [6, 6.07) is 2.60. The summed E-state index contributed by atoms with van der Waals surface area (Å²) in [5.41, 5.74) is -0.383. The summed E-state index contributed by atoms with van der Waals surface area (Å²) in [5, 5.41) is 6.23. The number of nitrogens with zero attached hydrogens (tertiary/aromatic N) is 1. The van der Waals surface area contributed by atoms with Gasteiger partial charge in [-0.25, -0.2) is 0 Å². The van der Waals surface area contributed by atoms with Crippen molar-refractivity contribution in [1.82, 2.24) is 10.3 Å². The van der Waals surface area contributed by atoms with Crippen molar-refractivity contribution in [3.05, 3.63) is 24.0 Å². The van der Waals surface area contributed by atoms with Gasteiger partial charge in [0.25, 0.3) is 0 Å². The van der Waals surface area contributed by atoms with Crippen LogP contribution in [0.5, 0.6) is 0 Å². The molecule has 1 saturated heterocycles. The standard InChI is InChI=1S/C11H14F3N3/c12-11(13,14)10-5-9(2-4-16-10)17-7-8-1-3-15-6-8/h2,4-5,8,15H,1,3,6-7H2,(H,16,17). The predicted octanol–water partition coefficient (Wildman–Crippen LogP) is 2.12. The van der Waals surface area contributed by atoms with Crippen molar-refractivity contribution in [3.63, 3.8) is 0 Å². The highest BCUT2D eigenvalue weighted by Gasteiger charge is 2.32. The zero-order valence-corrected chi connectivity index (χ0v) is 9.22. The Kier molecular flexibility index (Phi) is 3.51. The minimum absolute atomic E-state index is 0.472. The van der Waals surface area contributed by atoms with E-state index in [4.69, 9.17) is 0 Å². The summed E-state index contributed by atoms with van der Waals surface area (Å²) < 4.78 is 37.2. The van der Waals surface area contributed by atoms with E-state index in [2.05, 4.69) is 15.6 Å². The molecule has 0 radical (unpaired) electrons. The zero-order valence-electron chi connectivity index (χ0n) is 9.22. The molecule has 6 heteroatoms. The van der Waals surface area contributed by atoms with E-state index in [-0.39, 0.29) is 0 Å². The van der Waals surface area contributed by atoms with Crippen LogP contribution in [0.4, 0.5) is 18.9 Å². The number of pyridine rings is 1. The molecular weight excluding hydrogens is 231 g/mol. The normalized spacial score (nSPS) is 20.5. The lowest BCUT2D eigenvalue weighted by Gasteiger charge is -2.12. The van der Waals surface area contributed by atoms with Crippen LogP contribution >= 0.6 is 0 Å². The van der Waals surface area contributed by atoms with E-state index >= 15 is 0 Å². The van der Waals surface area contributed by atoms with Gasteiger partial charge in [-0.2, -0.15) is 13.2 Å². The smallest absolute Gasteiger partial charge is 0.385 e. The molecule has 1 aromatic rings. The Bertz CT molecular complexity index is 372. The highest BCUT2D eigenvalue weighted by molar-refractivity contribution is 5.43. The summed E-state index contributed by atoms with van der Waals surface area (Å²) in [6.45, 7) is 2.59. The van der Waals surface area contributed by atoms with E-state index < -0.39 is 11.9 Å². The van der Waals surface area contributed by atoms with Crippen LogP contribution in [-0.2, 0) is 6.18 Å². The predicted molar refractivity (Wildman–Crippen MR) is 58.7 cm³/mol. The third kappa shape index (κ3) is 3.33. The SMILES string of the molecule is FC(F)(F)c1cc(NCC2CCNC2)ccn1. The average Bonchev–Trinajstić information content (AvgIpc) is 2.78. The molecule has 0 bridgehead atoms. The van der Waals surface area contributed by atoms with Gasteiger partial charge in [0.05, 0.1) is 0 Å². The Balaban J connectivity index is 1.96. The molecule has 1 aromatic heterocycles. The monoisotopic (exact) mass is 245 g/mol. The second kappa shape index (κ2) is 4.91. The van der Waals surface area contributed by atoms with E-state index in [0.717, 1.165) is 25.6 Å². The number of anilines is 1. The fraction of sp³-hybridized carbons (Fsp3) is 0.545. The second-order valence-electron chi connectivity index (χ2n) is 4.17. The Morgan fingerprint density at radius 3 is 2.94 bits per heavy atom. The van der Waals surface area contributed by atoms with Crippen LogP contribution in [0.1, 0.15) is 12.1 Å². The highest BCUT2D eigenvalue weighted by atomic mass is 19.4. The van der Waals surface area contributed by atoms with Gasteiger partial charge in [-0.3, -0.25) is 4.98 Å². The van der Waals surface area contributed by atoms with E-state index in [1.54, 1.807) is 6.07 Å². The van der Waals surface area contributed by atoms with Gasteiger partial charge in [-0.15, -0.1) is 0 Å². The fourth-order valence-corrected chi connectivity index (χ4v) is 1.85. The van der Waals surface area contributed by atoms with Crippen molar-refractivity contribution >= 4 is 5.69 Å². The molecule has 0 aromatic carbocycles.